The van der Waals surface area contributed by atoms with Crippen molar-refractivity contribution in [2.75, 3.05) is 0 Å². The molecule has 3 aromatic carbocycles. The van der Waals surface area contributed by atoms with Crippen LogP contribution in [0.4, 0.5) is 5.69 Å². The van der Waals surface area contributed by atoms with Gasteiger partial charge in [0.05, 0.1) is 15.8 Å². The van der Waals surface area contributed by atoms with E-state index in [9.17, 15) is 19.7 Å². The van der Waals surface area contributed by atoms with Crippen LogP contribution in [0.3, 0.4) is 0 Å². The number of aromatic nitrogens is 3. The summed E-state index contributed by atoms with van der Waals surface area (Å²) in [4.78, 5) is 32.8. The molecule has 0 saturated carbocycles. The molecule has 0 saturated heterocycles. The van der Waals surface area contributed by atoms with Gasteiger partial charge in [0.1, 0.15) is 12.1 Å². The fraction of sp³-hybridized carbons (Fsp3) is 0.238. The Morgan fingerprint density at radius 3 is 1.74 bits per heavy atom. The Labute approximate surface area is 314 Å². The van der Waals surface area contributed by atoms with E-state index in [2.05, 4.69) is 67.1 Å². The number of carboxylic acids is 2. The molecule has 0 bridgehead atoms. The Morgan fingerprint density at radius 2 is 1.20 bits per heavy atom. The zero-order valence-corrected chi connectivity index (χ0v) is 31.6. The number of fused-ring (bicyclic) bond motifs is 3. The first-order valence-corrected chi connectivity index (χ1v) is 17.2. The lowest BCUT2D eigenvalue weighted by Crippen LogP contribution is -2.32. The second kappa shape index (κ2) is 16.6. The number of hydrogen-bond donors (Lipinski definition) is 4. The first-order chi connectivity index (χ1) is 25.4. The molecule has 2 atom stereocenters. The maximum atomic E-state index is 11.4. The molecule has 0 aliphatic heterocycles. The highest BCUT2D eigenvalue weighted by molar-refractivity contribution is 5.96. The van der Waals surface area contributed by atoms with Crippen LogP contribution in [0.2, 0.25) is 0 Å². The van der Waals surface area contributed by atoms with Crippen LogP contribution in [-0.2, 0) is 43.6 Å². The summed E-state index contributed by atoms with van der Waals surface area (Å²) in [5.41, 5.74) is 21.7. The molecular weight excluding hydrogens is 684 g/mol. The van der Waals surface area contributed by atoms with Crippen molar-refractivity contribution in [2.24, 2.45) is 32.6 Å². The van der Waals surface area contributed by atoms with E-state index in [1.165, 1.54) is 34.3 Å². The van der Waals surface area contributed by atoms with E-state index in [1.807, 2.05) is 38.2 Å². The maximum absolute atomic E-state index is 11.4. The van der Waals surface area contributed by atoms with Crippen LogP contribution in [0, 0.1) is 30.9 Å². The van der Waals surface area contributed by atoms with E-state index in [0.717, 1.165) is 33.4 Å². The summed E-state index contributed by atoms with van der Waals surface area (Å²) < 4.78 is 6.06. The molecule has 12 heteroatoms. The van der Waals surface area contributed by atoms with E-state index >= 15 is 0 Å². The first-order valence-electron chi connectivity index (χ1n) is 17.2. The van der Waals surface area contributed by atoms with Crippen LogP contribution >= 0.6 is 0 Å². The van der Waals surface area contributed by atoms with E-state index in [-0.39, 0.29) is 12.1 Å². The van der Waals surface area contributed by atoms with Crippen LogP contribution < -0.4 is 11.5 Å². The molecule has 282 valence electrons. The molecule has 54 heavy (non-hydrogen) atoms. The number of nitrogens with two attached hydrogens (primary N) is 2. The molecule has 6 aromatic rings. The molecule has 2 unspecified atom stereocenters. The third kappa shape index (κ3) is 8.20. The molecule has 3 aromatic heterocycles. The number of nitrogens with zero attached hydrogens (tertiary/aromatic N) is 4. The largest absolute Gasteiger partial charge is 0.480 e. The van der Waals surface area contributed by atoms with Crippen molar-refractivity contribution in [1.82, 2.24) is 13.7 Å². The van der Waals surface area contributed by atoms with Crippen LogP contribution in [0.25, 0.3) is 50.9 Å². The van der Waals surface area contributed by atoms with Gasteiger partial charge in [0.2, 0.25) is 0 Å². The summed E-state index contributed by atoms with van der Waals surface area (Å²) in [7, 11) is 5.84. The molecule has 6 rings (SSSR count). The van der Waals surface area contributed by atoms with Gasteiger partial charge in [-0.3, -0.25) is 19.7 Å². The number of aliphatic carboxylic acids is 2. The van der Waals surface area contributed by atoms with Crippen LogP contribution in [-0.4, -0.2) is 52.9 Å². The molecule has 3 heterocycles. The van der Waals surface area contributed by atoms with Gasteiger partial charge in [0.25, 0.3) is 5.69 Å². The van der Waals surface area contributed by atoms with Gasteiger partial charge in [-0.1, -0.05) is 62.2 Å². The monoisotopic (exact) mass is 732 g/mol. The average molecular weight is 733 g/mol. The summed E-state index contributed by atoms with van der Waals surface area (Å²) in [6.45, 7) is 17.1. The van der Waals surface area contributed by atoms with E-state index in [1.54, 1.807) is 30.7 Å². The second-order valence-electron chi connectivity index (χ2n) is 13.3. The Bertz CT molecular complexity index is 2450. The SMILES string of the molecule is C=Cc1cc([N+](=O)[O-])c2c(CC(N)C(=O)O)c(C)n(C)c2c1.C=Cc1ccc2c(CC(N)C(=O)O)c(C)n(C)c2c1.C=Cc1ccc2cc(C)n(C)c2c1. The number of carboxylic acid groups (broad SMARTS) is 2. The maximum Gasteiger partial charge on any atom is 0.320 e. The summed E-state index contributed by atoms with van der Waals surface area (Å²) in [5.74, 6) is -2.11. The normalized spacial score (nSPS) is 12.0. The molecule has 0 aliphatic carbocycles. The third-order valence-electron chi connectivity index (χ3n) is 10.1. The number of non-ortho nitro benzene ring substituents is 1. The van der Waals surface area contributed by atoms with Gasteiger partial charge in [0, 0.05) is 73.6 Å². The van der Waals surface area contributed by atoms with Gasteiger partial charge < -0.3 is 35.4 Å². The third-order valence-corrected chi connectivity index (χ3v) is 10.1. The molecule has 0 fully saturated rings. The van der Waals surface area contributed by atoms with Gasteiger partial charge in [0.15, 0.2) is 0 Å². The molecule has 0 aliphatic rings. The number of rotatable bonds is 10. The quantitative estimate of drug-likeness (QED) is 0.0841. The smallest absolute Gasteiger partial charge is 0.320 e. The number of aryl methyl sites for hydroxylation is 4. The van der Waals surface area contributed by atoms with Gasteiger partial charge >= 0.3 is 11.9 Å². The fourth-order valence-electron chi connectivity index (χ4n) is 6.55. The molecular formula is C42H48N6O6. The van der Waals surface area contributed by atoms with Gasteiger partial charge in [-0.05, 0) is 78.2 Å². The van der Waals surface area contributed by atoms with Crippen molar-refractivity contribution in [3.8, 4) is 0 Å². The number of hydrogen-bond acceptors (Lipinski definition) is 6. The summed E-state index contributed by atoms with van der Waals surface area (Å²) in [6, 6.07) is 15.9. The molecule has 12 nitrogen and oxygen atoms in total. The highest BCUT2D eigenvalue weighted by Gasteiger charge is 2.25. The van der Waals surface area contributed by atoms with E-state index in [0.29, 0.717) is 28.5 Å². The average Bonchev–Trinajstić information content (AvgIpc) is 3.67. The lowest BCUT2D eigenvalue weighted by Gasteiger charge is -2.07. The minimum Gasteiger partial charge on any atom is -0.480 e. The Balaban J connectivity index is 0.000000186. The molecule has 0 radical (unpaired) electrons. The predicted octanol–water partition coefficient (Wildman–Crippen LogP) is 7.21. The lowest BCUT2D eigenvalue weighted by molar-refractivity contribution is -0.383. The molecule has 0 amide bonds. The van der Waals surface area contributed by atoms with Crippen molar-refractivity contribution in [3.05, 3.63) is 129 Å². The summed E-state index contributed by atoms with van der Waals surface area (Å²) in [6.07, 6.45) is 5.59. The standard InChI is InChI=1S/C15H17N3O4.C15H18N2O2.C12H13N/c1-4-9-5-12-14(13(6-9)18(21)22)10(8(2)17(12)3)7-11(16)15(19)20;1-4-10-5-6-11-12(8-13(16)15(18)19)9(2)17(3)14(11)7-10;1-4-10-5-6-11-7-9(2)13(3)12(11)8-10/h4-6,11H,1,7,16H2,2-3H3,(H,19,20);4-7,13H,1,8,16H2,2-3H3,(H,18,19);4-8H,1H2,2-3H3. The van der Waals surface area contributed by atoms with Crippen LogP contribution in [0.1, 0.15) is 44.9 Å². The Kier molecular flexibility index (Phi) is 12.5. The predicted molar refractivity (Wildman–Crippen MR) is 219 cm³/mol. The first kappa shape index (κ1) is 40.5. The zero-order valence-electron chi connectivity index (χ0n) is 31.6. The van der Waals surface area contributed by atoms with Crippen molar-refractivity contribution in [3.63, 3.8) is 0 Å². The molecule has 6 N–H and O–H groups in total. The number of nitro groups is 1. The number of carbonyl (C=O) groups is 2. The van der Waals surface area contributed by atoms with Crippen molar-refractivity contribution >= 4 is 68.6 Å². The highest BCUT2D eigenvalue weighted by atomic mass is 16.6. The van der Waals surface area contributed by atoms with Gasteiger partial charge in [-0.15, -0.1) is 0 Å². The fourth-order valence-corrected chi connectivity index (χ4v) is 6.55. The Hall–Kier alpha value is -6.24. The lowest BCUT2D eigenvalue weighted by atomic mass is 10.0. The minimum atomic E-state index is -1.14. The number of nitro benzene ring substituents is 1. The van der Waals surface area contributed by atoms with Gasteiger partial charge in [-0.2, -0.15) is 0 Å². The summed E-state index contributed by atoms with van der Waals surface area (Å²) in [5, 5.41) is 32.1. The van der Waals surface area contributed by atoms with E-state index in [4.69, 9.17) is 21.7 Å². The molecule has 0 spiro atoms. The number of benzene rings is 3. The zero-order chi connectivity index (χ0) is 40.2. The highest BCUT2D eigenvalue weighted by Crippen LogP contribution is 2.35. The second-order valence-corrected chi connectivity index (χ2v) is 13.3. The van der Waals surface area contributed by atoms with Crippen molar-refractivity contribution < 1.29 is 24.7 Å². The van der Waals surface area contributed by atoms with Crippen molar-refractivity contribution in [1.29, 1.82) is 0 Å². The summed E-state index contributed by atoms with van der Waals surface area (Å²) >= 11 is 0. The topological polar surface area (TPSA) is 185 Å². The van der Waals surface area contributed by atoms with Crippen LogP contribution in [0.15, 0.2) is 74.3 Å². The van der Waals surface area contributed by atoms with Crippen molar-refractivity contribution in [2.45, 2.75) is 45.7 Å². The Morgan fingerprint density at radius 1 is 0.722 bits per heavy atom. The van der Waals surface area contributed by atoms with Gasteiger partial charge in [-0.25, -0.2) is 0 Å². The van der Waals surface area contributed by atoms with Crippen LogP contribution in [0.5, 0.6) is 0 Å². The van der Waals surface area contributed by atoms with E-state index < -0.39 is 28.9 Å². The minimum absolute atomic E-state index is 0.0345.